The van der Waals surface area contributed by atoms with Crippen LogP contribution in [-0.4, -0.2) is 64.9 Å². The average molecular weight is 531 g/mol. The van der Waals surface area contributed by atoms with Crippen LogP contribution in [0.5, 0.6) is 0 Å². The van der Waals surface area contributed by atoms with Gasteiger partial charge in [-0.05, 0) is 41.5 Å². The number of hydrogen-bond acceptors (Lipinski definition) is 8. The molecular formula is C28H30N6O5. The second-order valence-corrected chi connectivity index (χ2v) is 9.03. The maximum Gasteiger partial charge on any atom is 0.308 e. The predicted molar refractivity (Wildman–Crippen MR) is 144 cm³/mol. The Hall–Kier alpha value is -4.93. The summed E-state index contributed by atoms with van der Waals surface area (Å²) in [5.41, 5.74) is 8.51. The molecule has 1 aromatic heterocycles. The van der Waals surface area contributed by atoms with Crippen molar-refractivity contribution in [2.45, 2.75) is 19.1 Å². The van der Waals surface area contributed by atoms with E-state index in [1.165, 1.54) is 4.90 Å². The number of oxime groups is 1. The first-order chi connectivity index (χ1) is 18.9. The molecule has 2 aromatic carbocycles. The molecule has 4 rings (SSSR count). The molecule has 0 radical (unpaired) electrons. The second-order valence-electron chi connectivity index (χ2n) is 9.03. The molecule has 1 fully saturated rings. The smallest absolute Gasteiger partial charge is 0.308 e. The molecule has 11 nitrogen and oxygen atoms in total. The third kappa shape index (κ3) is 7.54. The van der Waals surface area contributed by atoms with Gasteiger partial charge in [0.05, 0.1) is 25.6 Å². The van der Waals surface area contributed by atoms with Crippen LogP contribution in [0.25, 0.3) is 0 Å². The fourth-order valence-electron chi connectivity index (χ4n) is 4.21. The van der Waals surface area contributed by atoms with Crippen LogP contribution in [-0.2, 0) is 25.7 Å². The predicted octanol–water partition coefficient (Wildman–Crippen LogP) is 1.82. The van der Waals surface area contributed by atoms with Gasteiger partial charge < -0.3 is 30.8 Å². The van der Waals surface area contributed by atoms with E-state index in [0.717, 1.165) is 11.3 Å². The molecule has 0 bridgehead atoms. The number of benzene rings is 2. The van der Waals surface area contributed by atoms with Crippen LogP contribution in [0, 0.1) is 0 Å². The van der Waals surface area contributed by atoms with Gasteiger partial charge in [0.25, 0.3) is 0 Å². The summed E-state index contributed by atoms with van der Waals surface area (Å²) in [6, 6.07) is 19.2. The van der Waals surface area contributed by atoms with Gasteiger partial charge in [-0.2, -0.15) is 0 Å². The van der Waals surface area contributed by atoms with Crippen LogP contribution in [0.3, 0.4) is 0 Å². The van der Waals surface area contributed by atoms with E-state index < -0.39 is 12.0 Å². The molecule has 0 aliphatic carbocycles. The first kappa shape index (κ1) is 27.1. The van der Waals surface area contributed by atoms with Gasteiger partial charge in [0.2, 0.25) is 11.8 Å². The maximum absolute atomic E-state index is 12.9. The Bertz CT molecular complexity index is 1300. The maximum atomic E-state index is 12.9. The topological polar surface area (TPSA) is 150 Å². The lowest BCUT2D eigenvalue weighted by Crippen LogP contribution is -2.53. The molecule has 2 heterocycles. The van der Waals surface area contributed by atoms with Crippen molar-refractivity contribution in [3.63, 3.8) is 0 Å². The third-order valence-corrected chi connectivity index (χ3v) is 6.32. The molecule has 39 heavy (non-hydrogen) atoms. The number of aromatic nitrogens is 1. The molecule has 1 aliphatic rings. The Labute approximate surface area is 225 Å². The Morgan fingerprint density at radius 2 is 1.85 bits per heavy atom. The number of rotatable bonds is 10. The van der Waals surface area contributed by atoms with Gasteiger partial charge in [0.1, 0.15) is 6.61 Å². The molecule has 0 saturated carbocycles. The zero-order valence-electron chi connectivity index (χ0n) is 21.3. The highest BCUT2D eigenvalue weighted by Gasteiger charge is 2.27. The number of amidine groups is 1. The van der Waals surface area contributed by atoms with Gasteiger partial charge >= 0.3 is 5.97 Å². The van der Waals surface area contributed by atoms with E-state index in [1.807, 2.05) is 35.2 Å². The molecule has 1 aliphatic heterocycles. The molecule has 3 aromatic rings. The van der Waals surface area contributed by atoms with Crippen LogP contribution in [0.4, 0.5) is 5.69 Å². The first-order valence-electron chi connectivity index (χ1n) is 12.4. The lowest BCUT2D eigenvalue weighted by molar-refractivity contribution is -0.146. The monoisotopic (exact) mass is 530 g/mol. The van der Waals surface area contributed by atoms with E-state index in [1.54, 1.807) is 48.8 Å². The van der Waals surface area contributed by atoms with E-state index in [9.17, 15) is 14.4 Å². The minimum Gasteiger partial charge on any atom is -0.461 e. The second kappa shape index (κ2) is 13.0. The van der Waals surface area contributed by atoms with Crippen molar-refractivity contribution in [3.05, 3.63) is 95.8 Å². The van der Waals surface area contributed by atoms with Crippen LogP contribution < -0.4 is 16.0 Å². The number of nitrogens with zero attached hydrogens (tertiary/aromatic N) is 4. The van der Waals surface area contributed by atoms with Crippen molar-refractivity contribution in [2.75, 3.05) is 31.1 Å². The summed E-state index contributed by atoms with van der Waals surface area (Å²) in [4.78, 5) is 45.9. The lowest BCUT2D eigenvalue weighted by atomic mass is 10.1. The Kier molecular flexibility index (Phi) is 9.07. The molecule has 11 heteroatoms. The van der Waals surface area contributed by atoms with Crippen molar-refractivity contribution >= 4 is 29.3 Å². The largest absolute Gasteiger partial charge is 0.461 e. The minimum absolute atomic E-state index is 0.00232. The van der Waals surface area contributed by atoms with E-state index >= 15 is 0 Å². The highest BCUT2D eigenvalue weighted by Crippen LogP contribution is 2.19. The Morgan fingerprint density at radius 3 is 2.51 bits per heavy atom. The molecule has 4 N–H and O–H groups in total. The summed E-state index contributed by atoms with van der Waals surface area (Å²) in [5.74, 6) is -1.04. The number of hydrogen-bond donors (Lipinski definition) is 3. The highest BCUT2D eigenvalue weighted by molar-refractivity contribution is 5.97. The Balaban J connectivity index is 1.32. The summed E-state index contributed by atoms with van der Waals surface area (Å²) in [6.45, 7) is 0.987. The standard InChI is InChI=1S/C28H30N6O5/c29-28(32-38)21-8-10-23(11-9-21)33-13-14-34(26(36)18-33)17-25(35)31-24(22-7-4-12-30-16-22)15-27(37)39-19-20-5-2-1-3-6-20/h1-12,16,24,38H,13-15,17-19H2,(H2,29,32)(H,31,35). The summed E-state index contributed by atoms with van der Waals surface area (Å²) in [7, 11) is 0. The van der Waals surface area contributed by atoms with Crippen LogP contribution in [0.15, 0.2) is 84.3 Å². The highest BCUT2D eigenvalue weighted by atomic mass is 16.5. The van der Waals surface area contributed by atoms with Gasteiger partial charge in [-0.3, -0.25) is 19.4 Å². The molecular weight excluding hydrogens is 500 g/mol. The molecule has 1 saturated heterocycles. The lowest BCUT2D eigenvalue weighted by Gasteiger charge is -2.35. The number of anilines is 1. The zero-order valence-corrected chi connectivity index (χ0v) is 21.3. The van der Waals surface area contributed by atoms with Crippen molar-refractivity contribution < 1.29 is 24.3 Å². The van der Waals surface area contributed by atoms with Crippen molar-refractivity contribution in [1.82, 2.24) is 15.2 Å². The quantitative estimate of drug-likeness (QED) is 0.118. The number of piperazine rings is 1. The van der Waals surface area contributed by atoms with E-state index in [2.05, 4.69) is 15.5 Å². The van der Waals surface area contributed by atoms with E-state index in [4.69, 9.17) is 15.7 Å². The number of nitrogens with two attached hydrogens (primary N) is 1. The number of amides is 2. The summed E-state index contributed by atoms with van der Waals surface area (Å²) < 4.78 is 5.40. The van der Waals surface area contributed by atoms with Crippen LogP contribution in [0.1, 0.15) is 29.2 Å². The first-order valence-corrected chi connectivity index (χ1v) is 12.4. The number of pyridine rings is 1. The number of carbonyl (C=O) groups is 3. The van der Waals surface area contributed by atoms with Gasteiger partial charge in [-0.15, -0.1) is 0 Å². The van der Waals surface area contributed by atoms with Crippen molar-refractivity contribution in [1.29, 1.82) is 0 Å². The number of ether oxygens (including phenoxy) is 1. The molecule has 202 valence electrons. The number of esters is 1. The van der Waals surface area contributed by atoms with Crippen molar-refractivity contribution in [3.8, 4) is 0 Å². The van der Waals surface area contributed by atoms with Gasteiger partial charge in [-0.1, -0.05) is 41.6 Å². The zero-order chi connectivity index (χ0) is 27.6. The molecule has 1 atom stereocenters. The van der Waals surface area contributed by atoms with E-state index in [-0.39, 0.29) is 43.8 Å². The summed E-state index contributed by atoms with van der Waals surface area (Å²) >= 11 is 0. The molecule has 1 unspecified atom stereocenters. The summed E-state index contributed by atoms with van der Waals surface area (Å²) in [5, 5.41) is 14.7. The third-order valence-electron chi connectivity index (χ3n) is 6.32. The van der Waals surface area contributed by atoms with E-state index in [0.29, 0.717) is 24.2 Å². The normalized spacial score (nSPS) is 14.6. The fraction of sp³-hybridized carbons (Fsp3) is 0.250. The van der Waals surface area contributed by atoms with Gasteiger partial charge in [0.15, 0.2) is 5.84 Å². The number of carbonyl (C=O) groups excluding carboxylic acids is 3. The van der Waals surface area contributed by atoms with Crippen LogP contribution in [0.2, 0.25) is 0 Å². The molecule has 0 spiro atoms. The Morgan fingerprint density at radius 1 is 1.08 bits per heavy atom. The van der Waals surface area contributed by atoms with Crippen LogP contribution >= 0.6 is 0 Å². The summed E-state index contributed by atoms with van der Waals surface area (Å²) in [6.07, 6.45) is 3.12. The SMILES string of the molecule is N/C(=N/O)c1ccc(N2CCN(CC(=O)NC(CC(=O)OCc3ccccc3)c3cccnc3)C(=O)C2)cc1. The fourth-order valence-corrected chi connectivity index (χ4v) is 4.21. The molecule has 2 amide bonds. The van der Waals surface area contributed by atoms with Gasteiger partial charge in [0, 0.05) is 36.7 Å². The van der Waals surface area contributed by atoms with Crippen molar-refractivity contribution in [2.24, 2.45) is 10.9 Å². The van der Waals surface area contributed by atoms with Gasteiger partial charge in [-0.25, -0.2) is 0 Å². The minimum atomic E-state index is -0.653. The number of nitrogens with one attached hydrogen (secondary N) is 1. The average Bonchev–Trinajstić information content (AvgIpc) is 2.97.